The van der Waals surface area contributed by atoms with Gasteiger partial charge in [-0.3, -0.25) is 15.2 Å². The van der Waals surface area contributed by atoms with Crippen molar-refractivity contribution in [2.75, 3.05) is 5.32 Å². The van der Waals surface area contributed by atoms with E-state index in [0.29, 0.717) is 5.52 Å². The fraction of sp³-hybridized carbons (Fsp3) is 0.111. The number of nitrogens with zero attached hydrogens (tertiary/aromatic N) is 3. The molecule has 0 saturated heterocycles. The zero-order valence-corrected chi connectivity index (χ0v) is 8.54. The maximum atomic E-state index is 12.1. The minimum atomic E-state index is -5.02. The minimum absolute atomic E-state index is 0.00593. The first-order valence-corrected chi connectivity index (χ1v) is 4.55. The fourth-order valence-corrected chi connectivity index (χ4v) is 1.23. The van der Waals surface area contributed by atoms with Crippen LogP contribution in [0.1, 0.15) is 5.69 Å². The molecule has 2 aromatic heterocycles. The Bertz CT molecular complexity index is 654. The van der Waals surface area contributed by atoms with Crippen molar-refractivity contribution in [2.24, 2.45) is 0 Å². The average Bonchev–Trinajstić information content (AvgIpc) is 2.70. The second-order valence-corrected chi connectivity index (χ2v) is 3.23. The lowest BCUT2D eigenvalue weighted by Gasteiger charge is -2.04. The number of halogens is 3. The minimum Gasteiger partial charge on any atom is -0.299 e. The molecule has 9 heteroatoms. The Balaban J connectivity index is 2.41. The third kappa shape index (κ3) is 2.08. The smallest absolute Gasteiger partial charge is 0.299 e. The van der Waals surface area contributed by atoms with Gasteiger partial charge >= 0.3 is 12.1 Å². The number of anilines is 1. The van der Waals surface area contributed by atoms with Gasteiger partial charge in [-0.15, -0.1) is 0 Å². The molecule has 0 atom stereocenters. The largest absolute Gasteiger partial charge is 0.471 e. The summed E-state index contributed by atoms with van der Waals surface area (Å²) in [6.45, 7) is 0. The number of alkyl halides is 3. The Morgan fingerprint density at radius 3 is 2.78 bits per heavy atom. The van der Waals surface area contributed by atoms with Gasteiger partial charge in [0.05, 0.1) is 5.52 Å². The summed E-state index contributed by atoms with van der Waals surface area (Å²) in [7, 11) is 0. The van der Waals surface area contributed by atoms with Crippen molar-refractivity contribution in [1.82, 2.24) is 15.2 Å². The van der Waals surface area contributed by atoms with Gasteiger partial charge in [-0.2, -0.15) is 23.5 Å². The Labute approximate surface area is 97.4 Å². The van der Waals surface area contributed by atoms with Gasteiger partial charge in [-0.1, -0.05) is 0 Å². The molecule has 18 heavy (non-hydrogen) atoms. The summed E-state index contributed by atoms with van der Waals surface area (Å²) in [6, 6.07) is 4.53. The van der Waals surface area contributed by atoms with Crippen molar-refractivity contribution in [1.29, 1.82) is 5.26 Å². The first kappa shape index (κ1) is 11.8. The van der Waals surface area contributed by atoms with Crippen molar-refractivity contribution in [3.05, 3.63) is 17.8 Å². The first-order chi connectivity index (χ1) is 8.41. The molecule has 2 N–H and O–H groups in total. The number of fused-ring (bicyclic) bond motifs is 1. The topological polar surface area (TPSA) is 94.5 Å². The van der Waals surface area contributed by atoms with Crippen LogP contribution in [0.25, 0.3) is 11.0 Å². The first-order valence-electron chi connectivity index (χ1n) is 4.55. The number of nitrogens with one attached hydrogen (secondary N) is 2. The van der Waals surface area contributed by atoms with Gasteiger partial charge in [0.25, 0.3) is 0 Å². The van der Waals surface area contributed by atoms with E-state index in [9.17, 15) is 18.0 Å². The van der Waals surface area contributed by atoms with Crippen LogP contribution in [0.3, 0.4) is 0 Å². The molecule has 0 saturated carbocycles. The summed E-state index contributed by atoms with van der Waals surface area (Å²) >= 11 is 0. The van der Waals surface area contributed by atoms with E-state index in [1.54, 1.807) is 11.4 Å². The standard InChI is InChI=1S/C9H4F3N5O/c10-9(11,12)8(18)15-7-6-5(16-17-7)2-1-4(3-13)14-6/h1-2H,(H2,15,16,17,18). The van der Waals surface area contributed by atoms with Crippen LogP contribution in [0.15, 0.2) is 12.1 Å². The van der Waals surface area contributed by atoms with Gasteiger partial charge in [-0.05, 0) is 12.1 Å². The summed E-state index contributed by atoms with van der Waals surface area (Å²) in [5, 5.41) is 16.1. The summed E-state index contributed by atoms with van der Waals surface area (Å²) in [6.07, 6.45) is -5.02. The van der Waals surface area contributed by atoms with E-state index in [0.717, 1.165) is 0 Å². The highest BCUT2D eigenvalue weighted by Crippen LogP contribution is 2.22. The van der Waals surface area contributed by atoms with Crippen LogP contribution in [-0.4, -0.2) is 27.3 Å². The molecule has 2 aromatic rings. The average molecular weight is 255 g/mol. The zero-order valence-electron chi connectivity index (χ0n) is 8.54. The number of nitriles is 1. The van der Waals surface area contributed by atoms with E-state index in [1.807, 2.05) is 0 Å². The SMILES string of the molecule is N#Cc1ccc2[nH]nc(NC(=O)C(F)(F)F)c2n1. The van der Waals surface area contributed by atoms with Crippen LogP contribution >= 0.6 is 0 Å². The molecule has 0 aromatic carbocycles. The van der Waals surface area contributed by atoms with Gasteiger partial charge in [0.15, 0.2) is 5.82 Å². The summed E-state index contributed by atoms with van der Waals surface area (Å²) in [5.41, 5.74) is 0.310. The second-order valence-electron chi connectivity index (χ2n) is 3.23. The number of aromatic nitrogens is 3. The van der Waals surface area contributed by atoms with Gasteiger partial charge < -0.3 is 0 Å². The molecule has 0 aliphatic heterocycles. The Morgan fingerprint density at radius 2 is 2.17 bits per heavy atom. The Morgan fingerprint density at radius 1 is 1.44 bits per heavy atom. The molecule has 1 amide bonds. The van der Waals surface area contributed by atoms with Crippen LogP contribution < -0.4 is 5.32 Å². The number of hydrogen-bond donors (Lipinski definition) is 2. The number of aromatic amines is 1. The van der Waals surface area contributed by atoms with Gasteiger partial charge in [0.2, 0.25) is 0 Å². The summed E-state index contributed by atoms with van der Waals surface area (Å²) < 4.78 is 36.2. The van der Waals surface area contributed by atoms with Crippen molar-refractivity contribution in [3.8, 4) is 6.07 Å². The number of H-pyrrole nitrogens is 1. The lowest BCUT2D eigenvalue weighted by atomic mass is 10.3. The van der Waals surface area contributed by atoms with Crippen molar-refractivity contribution < 1.29 is 18.0 Å². The molecule has 2 heterocycles. The molecule has 6 nitrogen and oxygen atoms in total. The quantitative estimate of drug-likeness (QED) is 0.803. The van der Waals surface area contributed by atoms with Crippen LogP contribution in [0.4, 0.5) is 19.0 Å². The number of rotatable bonds is 1. The van der Waals surface area contributed by atoms with Crippen molar-refractivity contribution in [2.45, 2.75) is 6.18 Å². The molecular weight excluding hydrogens is 251 g/mol. The summed E-state index contributed by atoms with van der Waals surface area (Å²) in [5.74, 6) is -2.52. The van der Waals surface area contributed by atoms with E-state index < -0.39 is 12.1 Å². The third-order valence-electron chi connectivity index (χ3n) is 2.01. The van der Waals surface area contributed by atoms with Crippen LogP contribution in [0.2, 0.25) is 0 Å². The lowest BCUT2D eigenvalue weighted by Crippen LogP contribution is -2.30. The Kier molecular flexibility index (Phi) is 2.63. The maximum absolute atomic E-state index is 12.1. The van der Waals surface area contributed by atoms with Gasteiger partial charge in [0.1, 0.15) is 17.3 Å². The molecule has 0 bridgehead atoms. The molecule has 0 fully saturated rings. The number of carbonyl (C=O) groups excluding carboxylic acids is 1. The van der Waals surface area contributed by atoms with Gasteiger partial charge in [0, 0.05) is 0 Å². The predicted molar refractivity (Wildman–Crippen MR) is 53.3 cm³/mol. The van der Waals surface area contributed by atoms with Crippen molar-refractivity contribution >= 4 is 22.8 Å². The predicted octanol–water partition coefficient (Wildman–Crippen LogP) is 1.33. The highest BCUT2D eigenvalue weighted by Gasteiger charge is 2.39. The van der Waals surface area contributed by atoms with Gasteiger partial charge in [-0.25, -0.2) is 4.98 Å². The third-order valence-corrected chi connectivity index (χ3v) is 2.01. The molecular formula is C9H4F3N5O. The van der Waals surface area contributed by atoms with Crippen molar-refractivity contribution in [3.63, 3.8) is 0 Å². The Hall–Kier alpha value is -2.63. The molecule has 0 spiro atoms. The van der Waals surface area contributed by atoms with E-state index >= 15 is 0 Å². The molecule has 92 valence electrons. The number of carbonyl (C=O) groups is 1. The molecule has 2 rings (SSSR count). The fourth-order valence-electron chi connectivity index (χ4n) is 1.23. The number of amides is 1. The van der Waals surface area contributed by atoms with Crippen LogP contribution in [-0.2, 0) is 4.79 Å². The highest BCUT2D eigenvalue weighted by molar-refractivity contribution is 6.00. The monoisotopic (exact) mass is 255 g/mol. The highest BCUT2D eigenvalue weighted by atomic mass is 19.4. The summed E-state index contributed by atoms with van der Waals surface area (Å²) in [4.78, 5) is 14.5. The normalized spacial score (nSPS) is 11.2. The molecule has 0 aliphatic carbocycles. The van der Waals surface area contributed by atoms with E-state index in [-0.39, 0.29) is 17.0 Å². The number of pyridine rings is 1. The van der Waals surface area contributed by atoms with E-state index in [4.69, 9.17) is 5.26 Å². The van der Waals surface area contributed by atoms with E-state index in [2.05, 4.69) is 15.2 Å². The molecule has 0 unspecified atom stereocenters. The van der Waals surface area contributed by atoms with Crippen LogP contribution in [0, 0.1) is 11.3 Å². The van der Waals surface area contributed by atoms with E-state index in [1.165, 1.54) is 12.1 Å². The van der Waals surface area contributed by atoms with Crippen LogP contribution in [0.5, 0.6) is 0 Å². The zero-order chi connectivity index (χ0) is 13.3. The number of hydrogen-bond acceptors (Lipinski definition) is 4. The molecule has 0 aliphatic rings. The lowest BCUT2D eigenvalue weighted by molar-refractivity contribution is -0.167. The molecule has 0 radical (unpaired) electrons. The second kappa shape index (κ2) is 3.99. The maximum Gasteiger partial charge on any atom is 0.471 e.